The van der Waals surface area contributed by atoms with Crippen LogP contribution in [-0.4, -0.2) is 45.8 Å². The lowest BCUT2D eigenvalue weighted by molar-refractivity contribution is -0.219. The number of rotatable bonds is 7. The molecule has 6 rings (SSSR count). The Balaban J connectivity index is 1.18. The summed E-state index contributed by atoms with van der Waals surface area (Å²) in [5.41, 5.74) is -4.18. The maximum atomic E-state index is 17.3. The monoisotopic (exact) mass is 574 g/mol. The summed E-state index contributed by atoms with van der Waals surface area (Å²) >= 11 is 0. The quantitative estimate of drug-likeness (QED) is 0.450. The number of fused-ring (bicyclic) bond motifs is 5. The van der Waals surface area contributed by atoms with Gasteiger partial charge in [0.2, 0.25) is 5.78 Å². The molecule has 0 aliphatic heterocycles. The Hall–Kier alpha value is -3.29. The lowest BCUT2D eigenvalue weighted by Gasteiger charge is -2.62. The summed E-state index contributed by atoms with van der Waals surface area (Å²) in [6, 6.07) is 16.8. The fraction of sp³-hybridized carbons (Fsp3) is 0.486. The molecule has 7 heteroatoms. The Bertz CT molecular complexity index is 1440. The van der Waals surface area contributed by atoms with Crippen molar-refractivity contribution in [2.24, 2.45) is 28.6 Å². The van der Waals surface area contributed by atoms with E-state index in [0.717, 1.165) is 5.56 Å². The molecule has 4 unspecified atom stereocenters. The van der Waals surface area contributed by atoms with Gasteiger partial charge in [-0.2, -0.15) is 0 Å². The van der Waals surface area contributed by atoms with Crippen molar-refractivity contribution < 1.29 is 33.7 Å². The number of alkyl halides is 1. The summed E-state index contributed by atoms with van der Waals surface area (Å²) in [5, 5.41) is 23.7. The summed E-state index contributed by atoms with van der Waals surface area (Å²) in [6.45, 7) is 5.52. The number of ether oxygens (including phenoxy) is 2. The van der Waals surface area contributed by atoms with E-state index >= 15 is 4.39 Å². The average Bonchev–Trinajstić information content (AvgIpc) is 3.18. The standard InChI is InChI=1S/C35H39FO6/c1-22-17-29-28-14-9-24-18-25(37)15-16-32(24,2)34(28,36)30(38)19-33(29,3)35(22,40)31(39)21-42-27-12-10-26(11-13-27)41-20-23-7-5-4-6-8-23/h4-8,10-13,15-16,18,22,28-30,38,40H,9,14,17,19-21H2,1-3H3/t22-,28?,29?,30+,32?,33?,34+,35+/m1/s1. The van der Waals surface area contributed by atoms with Gasteiger partial charge in [-0.3, -0.25) is 9.59 Å². The third-order valence-corrected chi connectivity index (χ3v) is 11.1. The van der Waals surface area contributed by atoms with Crippen LogP contribution < -0.4 is 9.47 Å². The fourth-order valence-electron chi connectivity index (χ4n) is 8.77. The maximum Gasteiger partial charge on any atom is 0.202 e. The van der Waals surface area contributed by atoms with Gasteiger partial charge < -0.3 is 19.7 Å². The van der Waals surface area contributed by atoms with Crippen LogP contribution in [0.15, 0.2) is 78.4 Å². The first-order valence-corrected chi connectivity index (χ1v) is 14.9. The molecule has 4 aliphatic rings. The molecule has 222 valence electrons. The predicted molar refractivity (Wildman–Crippen MR) is 156 cm³/mol. The zero-order chi connectivity index (χ0) is 29.9. The first-order valence-electron chi connectivity index (χ1n) is 14.9. The molecule has 2 aromatic rings. The van der Waals surface area contributed by atoms with Gasteiger partial charge in [0.15, 0.2) is 11.5 Å². The molecule has 0 spiro atoms. The van der Waals surface area contributed by atoms with Crippen LogP contribution in [0.3, 0.4) is 0 Å². The first-order chi connectivity index (χ1) is 19.9. The van der Waals surface area contributed by atoms with Gasteiger partial charge in [0.1, 0.15) is 30.3 Å². The maximum absolute atomic E-state index is 17.3. The Morgan fingerprint density at radius 3 is 2.38 bits per heavy atom. The Morgan fingerprint density at radius 1 is 1.02 bits per heavy atom. The molecule has 0 radical (unpaired) electrons. The van der Waals surface area contributed by atoms with E-state index < -0.39 is 45.8 Å². The van der Waals surface area contributed by atoms with E-state index in [1.54, 1.807) is 37.3 Å². The van der Waals surface area contributed by atoms with Gasteiger partial charge in [-0.05, 0) is 86.4 Å². The zero-order valence-corrected chi connectivity index (χ0v) is 24.4. The largest absolute Gasteiger partial charge is 0.489 e. The van der Waals surface area contributed by atoms with Crippen molar-refractivity contribution in [2.75, 3.05) is 6.61 Å². The third-order valence-electron chi connectivity index (χ3n) is 11.1. The molecule has 2 N–H and O–H groups in total. The van der Waals surface area contributed by atoms with Gasteiger partial charge in [0.25, 0.3) is 0 Å². The second-order valence-electron chi connectivity index (χ2n) is 13.1. The van der Waals surface area contributed by atoms with Crippen LogP contribution >= 0.6 is 0 Å². The van der Waals surface area contributed by atoms with Crippen molar-refractivity contribution in [3.8, 4) is 11.5 Å². The molecular formula is C35H39FO6. The van der Waals surface area contributed by atoms with Crippen molar-refractivity contribution in [3.63, 3.8) is 0 Å². The number of aliphatic hydroxyl groups excluding tert-OH is 1. The topological polar surface area (TPSA) is 93.1 Å². The summed E-state index contributed by atoms with van der Waals surface area (Å²) < 4.78 is 29.0. The number of Topliss-reactive ketones (excluding diaryl/α,β-unsaturated/α-hetero) is 1. The average molecular weight is 575 g/mol. The van der Waals surface area contributed by atoms with Crippen molar-refractivity contribution in [1.29, 1.82) is 0 Å². The number of benzene rings is 2. The van der Waals surface area contributed by atoms with Crippen molar-refractivity contribution in [3.05, 3.63) is 84.0 Å². The number of aliphatic hydroxyl groups is 2. The first kappa shape index (κ1) is 28.8. The van der Waals surface area contributed by atoms with E-state index in [4.69, 9.17) is 9.47 Å². The van der Waals surface area contributed by atoms with Crippen LogP contribution in [0.25, 0.3) is 0 Å². The van der Waals surface area contributed by atoms with Gasteiger partial charge >= 0.3 is 0 Å². The Kier molecular flexibility index (Phi) is 6.97. The highest BCUT2D eigenvalue weighted by Crippen LogP contribution is 2.70. The fourth-order valence-corrected chi connectivity index (χ4v) is 8.77. The lowest BCUT2D eigenvalue weighted by atomic mass is 9.44. The van der Waals surface area contributed by atoms with E-state index in [1.165, 1.54) is 12.2 Å². The molecule has 0 heterocycles. The number of allylic oxidation sites excluding steroid dienone is 4. The van der Waals surface area contributed by atoms with E-state index in [1.807, 2.05) is 44.2 Å². The molecule has 0 aromatic heterocycles. The van der Waals surface area contributed by atoms with Crippen LogP contribution in [0, 0.1) is 28.6 Å². The Morgan fingerprint density at radius 2 is 1.69 bits per heavy atom. The minimum atomic E-state index is -2.01. The highest BCUT2D eigenvalue weighted by molar-refractivity contribution is 6.01. The molecule has 6 nitrogen and oxygen atoms in total. The Labute approximate surface area is 246 Å². The van der Waals surface area contributed by atoms with Crippen LogP contribution in [-0.2, 0) is 16.2 Å². The van der Waals surface area contributed by atoms with E-state index in [-0.39, 0.29) is 24.7 Å². The molecule has 8 atom stereocenters. The van der Waals surface area contributed by atoms with E-state index in [2.05, 4.69) is 0 Å². The van der Waals surface area contributed by atoms with E-state index in [0.29, 0.717) is 42.9 Å². The number of carbonyl (C=O) groups excluding carboxylic acids is 2. The van der Waals surface area contributed by atoms with Gasteiger partial charge in [0.05, 0.1) is 6.10 Å². The van der Waals surface area contributed by atoms with Crippen LogP contribution in [0.4, 0.5) is 4.39 Å². The number of carbonyl (C=O) groups is 2. The van der Waals surface area contributed by atoms with Crippen LogP contribution in [0.2, 0.25) is 0 Å². The molecule has 0 amide bonds. The highest BCUT2D eigenvalue weighted by Gasteiger charge is 2.75. The second kappa shape index (κ2) is 10.2. The predicted octanol–water partition coefficient (Wildman–Crippen LogP) is 5.56. The third kappa shape index (κ3) is 4.11. The minimum absolute atomic E-state index is 0.0602. The number of hydrogen-bond acceptors (Lipinski definition) is 6. The van der Waals surface area contributed by atoms with Crippen LogP contribution in [0.1, 0.15) is 52.0 Å². The number of halogens is 1. The minimum Gasteiger partial charge on any atom is -0.489 e. The van der Waals surface area contributed by atoms with Crippen molar-refractivity contribution >= 4 is 11.6 Å². The molecule has 0 bridgehead atoms. The summed E-state index contributed by atoms with van der Waals surface area (Å²) in [4.78, 5) is 25.8. The summed E-state index contributed by atoms with van der Waals surface area (Å²) in [6.07, 6.45) is 4.50. The smallest absolute Gasteiger partial charge is 0.202 e. The molecule has 3 saturated carbocycles. The highest BCUT2D eigenvalue weighted by atomic mass is 19.1. The van der Waals surface area contributed by atoms with Crippen molar-refractivity contribution in [2.45, 2.75) is 70.4 Å². The lowest BCUT2D eigenvalue weighted by Crippen LogP contribution is -2.69. The van der Waals surface area contributed by atoms with Gasteiger partial charge in [-0.25, -0.2) is 4.39 Å². The number of ketones is 2. The molecule has 42 heavy (non-hydrogen) atoms. The zero-order valence-electron chi connectivity index (χ0n) is 24.4. The molecule has 3 fully saturated rings. The normalized spacial score (nSPS) is 38.6. The van der Waals surface area contributed by atoms with E-state index in [9.17, 15) is 19.8 Å². The van der Waals surface area contributed by atoms with Crippen LogP contribution in [0.5, 0.6) is 11.5 Å². The van der Waals surface area contributed by atoms with Gasteiger partial charge in [0, 0.05) is 16.7 Å². The van der Waals surface area contributed by atoms with Gasteiger partial charge in [-0.15, -0.1) is 0 Å². The van der Waals surface area contributed by atoms with Crippen molar-refractivity contribution in [1.82, 2.24) is 0 Å². The van der Waals surface area contributed by atoms with Gasteiger partial charge in [-0.1, -0.05) is 55.8 Å². The number of hydrogen-bond donors (Lipinski definition) is 2. The summed E-state index contributed by atoms with van der Waals surface area (Å²) in [5.74, 6) is -0.827. The molecule has 0 saturated heterocycles. The molecule has 2 aromatic carbocycles. The summed E-state index contributed by atoms with van der Waals surface area (Å²) in [7, 11) is 0. The second-order valence-corrected chi connectivity index (χ2v) is 13.1. The SMILES string of the molecule is C[C@@H]1CC2C3CCC4=CC(=O)C=CC4(C)[C@@]3(F)[C@@H](O)CC2(C)[C@@]1(O)C(=O)COc1ccc(OCc2ccccc2)cc1. The molecule has 4 aliphatic carbocycles. The molecular weight excluding hydrogens is 535 g/mol.